The topological polar surface area (TPSA) is 85.8 Å². The van der Waals surface area contributed by atoms with Gasteiger partial charge < -0.3 is 11.1 Å². The summed E-state index contributed by atoms with van der Waals surface area (Å²) in [7, 11) is 0. The predicted molar refractivity (Wildman–Crippen MR) is 81.4 cm³/mol. The molecule has 2 rings (SSSR count). The number of nitrogens with zero attached hydrogens (tertiary/aromatic N) is 3. The average Bonchev–Trinajstić information content (AvgIpc) is 2.90. The first-order valence-corrected chi connectivity index (χ1v) is 5.65. The number of pyridine rings is 1. The molecule has 0 bridgehead atoms. The van der Waals surface area contributed by atoms with Gasteiger partial charge in [-0.3, -0.25) is 4.79 Å². The van der Waals surface area contributed by atoms with E-state index in [1.807, 2.05) is 24.4 Å². The zero-order chi connectivity index (χ0) is 13.0. The summed E-state index contributed by atoms with van der Waals surface area (Å²) < 4.78 is 1.66. The van der Waals surface area contributed by atoms with Crippen LogP contribution in [0.3, 0.4) is 0 Å². The standard InChI is InChI=1S/C12H15N5O.2ClH/c1-9(13)12(18)15-8-10-3-5-14-11(7-10)17-6-2-4-16-17;;/h2-7,9H,8,13H2,1H3,(H,15,18);2*1H/t9-;;/m1../s1. The molecule has 8 heteroatoms. The average molecular weight is 318 g/mol. The second-order valence-electron chi connectivity index (χ2n) is 3.98. The zero-order valence-electron chi connectivity index (χ0n) is 10.9. The minimum Gasteiger partial charge on any atom is -0.351 e. The minimum atomic E-state index is -0.502. The van der Waals surface area contributed by atoms with Crippen molar-refractivity contribution < 1.29 is 4.79 Å². The molecule has 0 saturated carbocycles. The highest BCUT2D eigenvalue weighted by Gasteiger charge is 2.06. The van der Waals surface area contributed by atoms with E-state index >= 15 is 0 Å². The van der Waals surface area contributed by atoms with E-state index in [4.69, 9.17) is 5.73 Å². The van der Waals surface area contributed by atoms with Gasteiger partial charge in [0.25, 0.3) is 0 Å². The lowest BCUT2D eigenvalue weighted by Gasteiger charge is -2.08. The van der Waals surface area contributed by atoms with Gasteiger partial charge in [0.05, 0.1) is 6.04 Å². The highest BCUT2D eigenvalue weighted by molar-refractivity contribution is 5.85. The molecule has 2 aromatic heterocycles. The van der Waals surface area contributed by atoms with Crippen LogP contribution in [0.4, 0.5) is 0 Å². The molecule has 3 N–H and O–H groups in total. The van der Waals surface area contributed by atoms with Crippen molar-refractivity contribution in [3.8, 4) is 5.82 Å². The van der Waals surface area contributed by atoms with E-state index in [-0.39, 0.29) is 30.7 Å². The number of carbonyl (C=O) groups excluding carboxylic acids is 1. The van der Waals surface area contributed by atoms with Gasteiger partial charge in [0.2, 0.25) is 5.91 Å². The van der Waals surface area contributed by atoms with Gasteiger partial charge in [-0.25, -0.2) is 9.67 Å². The van der Waals surface area contributed by atoms with Crippen LogP contribution < -0.4 is 11.1 Å². The van der Waals surface area contributed by atoms with Crippen molar-refractivity contribution in [3.63, 3.8) is 0 Å². The summed E-state index contributed by atoms with van der Waals surface area (Å²) >= 11 is 0. The van der Waals surface area contributed by atoms with Gasteiger partial charge in [-0.2, -0.15) is 5.10 Å². The summed E-state index contributed by atoms with van der Waals surface area (Å²) in [5.41, 5.74) is 6.42. The van der Waals surface area contributed by atoms with Crippen LogP contribution in [0.2, 0.25) is 0 Å². The molecule has 0 aromatic carbocycles. The highest BCUT2D eigenvalue weighted by Crippen LogP contribution is 2.05. The first-order valence-electron chi connectivity index (χ1n) is 5.65. The van der Waals surface area contributed by atoms with Crippen LogP contribution in [-0.4, -0.2) is 26.7 Å². The maximum atomic E-state index is 11.4. The molecular formula is C12H17Cl2N5O. The Hall–Kier alpha value is -1.63. The zero-order valence-corrected chi connectivity index (χ0v) is 12.5. The molecule has 1 amide bonds. The van der Waals surface area contributed by atoms with Crippen LogP contribution in [-0.2, 0) is 11.3 Å². The van der Waals surface area contributed by atoms with Crippen molar-refractivity contribution in [1.29, 1.82) is 0 Å². The minimum absolute atomic E-state index is 0. The third-order valence-electron chi connectivity index (χ3n) is 2.43. The molecular weight excluding hydrogens is 301 g/mol. The second-order valence-corrected chi connectivity index (χ2v) is 3.98. The van der Waals surface area contributed by atoms with E-state index in [1.54, 1.807) is 24.0 Å². The van der Waals surface area contributed by atoms with E-state index in [1.165, 1.54) is 0 Å². The first kappa shape index (κ1) is 18.4. The van der Waals surface area contributed by atoms with Crippen LogP contribution in [0.5, 0.6) is 0 Å². The van der Waals surface area contributed by atoms with Crippen molar-refractivity contribution >= 4 is 30.7 Å². The molecule has 2 heterocycles. The fraction of sp³-hybridized carbons (Fsp3) is 0.250. The number of nitrogens with two attached hydrogens (primary N) is 1. The number of rotatable bonds is 4. The van der Waals surface area contributed by atoms with E-state index in [9.17, 15) is 4.79 Å². The summed E-state index contributed by atoms with van der Waals surface area (Å²) in [4.78, 5) is 15.6. The summed E-state index contributed by atoms with van der Waals surface area (Å²) in [6, 6.07) is 5.03. The molecule has 0 aliphatic rings. The van der Waals surface area contributed by atoms with Crippen molar-refractivity contribution in [3.05, 3.63) is 42.4 Å². The van der Waals surface area contributed by atoms with Crippen LogP contribution in [0.25, 0.3) is 5.82 Å². The largest absolute Gasteiger partial charge is 0.351 e. The van der Waals surface area contributed by atoms with Crippen LogP contribution in [0.1, 0.15) is 12.5 Å². The Balaban J connectivity index is 0.00000180. The smallest absolute Gasteiger partial charge is 0.236 e. The van der Waals surface area contributed by atoms with Gasteiger partial charge >= 0.3 is 0 Å². The number of amides is 1. The summed E-state index contributed by atoms with van der Waals surface area (Å²) in [5.74, 6) is 0.542. The Bertz CT molecular complexity index is 530. The predicted octanol–water partition coefficient (Wildman–Crippen LogP) is 1.07. The van der Waals surface area contributed by atoms with Gasteiger partial charge in [0.1, 0.15) is 0 Å². The van der Waals surface area contributed by atoms with Crippen molar-refractivity contribution in [2.75, 3.05) is 0 Å². The molecule has 20 heavy (non-hydrogen) atoms. The van der Waals surface area contributed by atoms with Gasteiger partial charge in [-0.05, 0) is 30.7 Å². The number of carbonyl (C=O) groups is 1. The van der Waals surface area contributed by atoms with Gasteiger partial charge in [-0.15, -0.1) is 24.8 Å². The molecule has 0 saturated heterocycles. The Kier molecular flexibility index (Phi) is 7.83. The molecule has 0 unspecified atom stereocenters. The van der Waals surface area contributed by atoms with Crippen LogP contribution >= 0.6 is 24.8 Å². The van der Waals surface area contributed by atoms with Crippen molar-refractivity contribution in [1.82, 2.24) is 20.1 Å². The summed E-state index contributed by atoms with van der Waals surface area (Å²) in [6.07, 6.45) is 5.18. The van der Waals surface area contributed by atoms with Gasteiger partial charge in [0, 0.05) is 25.1 Å². The van der Waals surface area contributed by atoms with Crippen molar-refractivity contribution in [2.45, 2.75) is 19.5 Å². The van der Waals surface area contributed by atoms with E-state index in [0.29, 0.717) is 12.4 Å². The molecule has 2 aromatic rings. The molecule has 0 radical (unpaired) electrons. The monoisotopic (exact) mass is 317 g/mol. The number of hydrogen-bond acceptors (Lipinski definition) is 4. The molecule has 6 nitrogen and oxygen atoms in total. The number of hydrogen-bond donors (Lipinski definition) is 2. The van der Waals surface area contributed by atoms with E-state index in [2.05, 4.69) is 15.4 Å². The summed E-state index contributed by atoms with van der Waals surface area (Å²) in [6.45, 7) is 2.08. The SMILES string of the molecule is C[C@@H](N)C(=O)NCc1ccnc(-n2cccn2)c1.Cl.Cl. The molecule has 110 valence electrons. The second kappa shape index (κ2) is 8.52. The Labute approximate surface area is 129 Å². The van der Waals surface area contributed by atoms with Crippen LogP contribution in [0.15, 0.2) is 36.8 Å². The fourth-order valence-electron chi connectivity index (χ4n) is 1.45. The normalized spacial score (nSPS) is 10.9. The number of nitrogens with one attached hydrogen (secondary N) is 1. The quantitative estimate of drug-likeness (QED) is 0.883. The van der Waals surface area contributed by atoms with Crippen molar-refractivity contribution in [2.24, 2.45) is 5.73 Å². The first-order chi connectivity index (χ1) is 8.66. The number of aromatic nitrogens is 3. The lowest BCUT2D eigenvalue weighted by Crippen LogP contribution is -2.37. The third kappa shape index (κ3) is 4.80. The molecule has 0 spiro atoms. The summed E-state index contributed by atoms with van der Waals surface area (Å²) in [5, 5.41) is 6.85. The maximum absolute atomic E-state index is 11.4. The highest BCUT2D eigenvalue weighted by atomic mass is 35.5. The number of halogens is 2. The van der Waals surface area contributed by atoms with E-state index < -0.39 is 6.04 Å². The maximum Gasteiger partial charge on any atom is 0.236 e. The lowest BCUT2D eigenvalue weighted by molar-refractivity contribution is -0.122. The molecule has 0 fully saturated rings. The lowest BCUT2D eigenvalue weighted by atomic mass is 10.2. The third-order valence-corrected chi connectivity index (χ3v) is 2.43. The molecule has 1 atom stereocenters. The Morgan fingerprint density at radius 1 is 1.45 bits per heavy atom. The fourth-order valence-corrected chi connectivity index (χ4v) is 1.45. The molecule has 0 aliphatic heterocycles. The molecule has 0 aliphatic carbocycles. The Morgan fingerprint density at radius 3 is 2.80 bits per heavy atom. The van der Waals surface area contributed by atoms with E-state index in [0.717, 1.165) is 5.56 Å². The Morgan fingerprint density at radius 2 is 2.20 bits per heavy atom. The van der Waals surface area contributed by atoms with Crippen LogP contribution in [0, 0.1) is 0 Å². The van der Waals surface area contributed by atoms with Gasteiger partial charge in [-0.1, -0.05) is 0 Å². The van der Waals surface area contributed by atoms with Gasteiger partial charge in [0.15, 0.2) is 5.82 Å².